The summed E-state index contributed by atoms with van der Waals surface area (Å²) in [5.74, 6) is 1.12. The van der Waals surface area contributed by atoms with Crippen LogP contribution in [0.3, 0.4) is 0 Å². The minimum absolute atomic E-state index is 0.0779. The molecule has 128 valence electrons. The number of rotatable bonds is 2. The average molecular weight is 347 g/mol. The number of amides is 2. The molecule has 24 heavy (non-hydrogen) atoms. The number of carbonyl (C=O) groups excluding carboxylic acids is 2. The highest BCUT2D eigenvalue weighted by Crippen LogP contribution is 2.36. The van der Waals surface area contributed by atoms with E-state index in [2.05, 4.69) is 0 Å². The van der Waals surface area contributed by atoms with Crippen LogP contribution in [0.25, 0.3) is 0 Å². The van der Waals surface area contributed by atoms with Gasteiger partial charge in [-0.2, -0.15) is 0 Å². The van der Waals surface area contributed by atoms with Crippen molar-refractivity contribution in [2.75, 3.05) is 19.6 Å². The first-order chi connectivity index (χ1) is 11.6. The van der Waals surface area contributed by atoms with Gasteiger partial charge in [-0.25, -0.2) is 0 Å². The van der Waals surface area contributed by atoms with Crippen molar-refractivity contribution in [3.8, 4) is 0 Å². The third-order valence-electron chi connectivity index (χ3n) is 5.64. The number of nitrogens with zero attached hydrogens (tertiary/aromatic N) is 2. The maximum Gasteiger partial charge on any atom is 0.254 e. The first kappa shape index (κ1) is 15.9. The Labute approximate surface area is 147 Å². The number of piperidine rings is 2. The number of halogens is 1. The Kier molecular flexibility index (Phi) is 4.25. The molecule has 0 bridgehead atoms. The summed E-state index contributed by atoms with van der Waals surface area (Å²) in [6.07, 6.45) is 5.14. The summed E-state index contributed by atoms with van der Waals surface area (Å²) in [6, 6.07) is 7.46. The van der Waals surface area contributed by atoms with Crippen LogP contribution in [0, 0.1) is 11.8 Å². The summed E-state index contributed by atoms with van der Waals surface area (Å²) in [7, 11) is 0. The molecule has 2 saturated heterocycles. The largest absolute Gasteiger partial charge is 0.342 e. The van der Waals surface area contributed by atoms with E-state index in [9.17, 15) is 9.59 Å². The molecule has 4 nitrogen and oxygen atoms in total. The predicted molar refractivity (Wildman–Crippen MR) is 92.9 cm³/mol. The molecular formula is C19H23ClN2O2. The Balaban J connectivity index is 1.48. The zero-order valence-corrected chi connectivity index (χ0v) is 14.5. The molecule has 1 aromatic rings. The molecule has 1 saturated carbocycles. The lowest BCUT2D eigenvalue weighted by atomic mass is 9.83. The van der Waals surface area contributed by atoms with Gasteiger partial charge in [0.2, 0.25) is 5.91 Å². The van der Waals surface area contributed by atoms with E-state index in [1.807, 2.05) is 21.9 Å². The Morgan fingerprint density at radius 1 is 1.08 bits per heavy atom. The van der Waals surface area contributed by atoms with E-state index >= 15 is 0 Å². The van der Waals surface area contributed by atoms with Gasteiger partial charge in [0.1, 0.15) is 0 Å². The number of hydrogen-bond donors (Lipinski definition) is 0. The number of benzene rings is 1. The van der Waals surface area contributed by atoms with Crippen molar-refractivity contribution in [3.63, 3.8) is 0 Å². The standard InChI is InChI=1S/C19H23ClN2O2/c20-16-5-1-3-14(11-16)19(24)22-9-2-4-15-12-21(10-8-17(15)22)18(23)13-6-7-13/h1,3,5,11,13,15,17H,2,4,6-10,12H2/t15-,17+/m1/s1. The van der Waals surface area contributed by atoms with Crippen LogP contribution in [0.1, 0.15) is 42.5 Å². The summed E-state index contributed by atoms with van der Waals surface area (Å²) < 4.78 is 0. The van der Waals surface area contributed by atoms with Crippen molar-refractivity contribution in [1.29, 1.82) is 0 Å². The van der Waals surface area contributed by atoms with Gasteiger partial charge in [0.15, 0.2) is 0 Å². The highest BCUT2D eigenvalue weighted by molar-refractivity contribution is 6.30. The summed E-state index contributed by atoms with van der Waals surface area (Å²) in [5.41, 5.74) is 0.666. The quantitative estimate of drug-likeness (QED) is 0.825. The Hall–Kier alpha value is -1.55. The number of carbonyl (C=O) groups is 2. The predicted octanol–water partition coefficient (Wildman–Crippen LogP) is 3.20. The van der Waals surface area contributed by atoms with Crippen LogP contribution in [-0.4, -0.2) is 47.3 Å². The van der Waals surface area contributed by atoms with Crippen LogP contribution in [-0.2, 0) is 4.79 Å². The molecule has 1 aliphatic carbocycles. The Bertz CT molecular complexity index is 659. The van der Waals surface area contributed by atoms with Crippen molar-refractivity contribution in [2.45, 2.75) is 38.1 Å². The smallest absolute Gasteiger partial charge is 0.254 e. The maximum atomic E-state index is 12.9. The van der Waals surface area contributed by atoms with Gasteiger partial charge in [-0.05, 0) is 56.2 Å². The Morgan fingerprint density at radius 3 is 2.67 bits per heavy atom. The summed E-state index contributed by atoms with van der Waals surface area (Å²) in [4.78, 5) is 29.3. The molecule has 0 radical (unpaired) electrons. The van der Waals surface area contributed by atoms with Gasteiger partial charge in [0, 0.05) is 42.2 Å². The second-order valence-corrected chi connectivity index (χ2v) is 7.76. The van der Waals surface area contributed by atoms with Gasteiger partial charge >= 0.3 is 0 Å². The van der Waals surface area contributed by atoms with E-state index in [1.165, 1.54) is 0 Å². The zero-order chi connectivity index (χ0) is 16.7. The molecule has 0 unspecified atom stereocenters. The molecule has 2 heterocycles. The fourth-order valence-electron chi connectivity index (χ4n) is 4.23. The molecule has 0 aromatic heterocycles. The molecule has 2 amide bonds. The second kappa shape index (κ2) is 6.40. The normalized spacial score (nSPS) is 26.9. The molecule has 1 aromatic carbocycles. The van der Waals surface area contributed by atoms with Gasteiger partial charge in [-0.3, -0.25) is 9.59 Å². The van der Waals surface area contributed by atoms with Crippen LogP contribution in [0.5, 0.6) is 0 Å². The van der Waals surface area contributed by atoms with Crippen molar-refractivity contribution in [2.24, 2.45) is 11.8 Å². The lowest BCUT2D eigenvalue weighted by Crippen LogP contribution is -2.56. The maximum absolute atomic E-state index is 12.9. The van der Waals surface area contributed by atoms with E-state index in [-0.39, 0.29) is 17.9 Å². The van der Waals surface area contributed by atoms with Crippen LogP contribution < -0.4 is 0 Å². The van der Waals surface area contributed by atoms with E-state index in [4.69, 9.17) is 11.6 Å². The molecular weight excluding hydrogens is 324 g/mol. The van der Waals surface area contributed by atoms with Gasteiger partial charge in [0.25, 0.3) is 5.91 Å². The van der Waals surface area contributed by atoms with Gasteiger partial charge in [-0.15, -0.1) is 0 Å². The van der Waals surface area contributed by atoms with Crippen molar-refractivity contribution >= 4 is 23.4 Å². The first-order valence-electron chi connectivity index (χ1n) is 8.99. The molecule has 0 spiro atoms. The van der Waals surface area contributed by atoms with Crippen LogP contribution in [0.4, 0.5) is 0 Å². The van der Waals surface area contributed by atoms with E-state index in [0.29, 0.717) is 22.4 Å². The van der Waals surface area contributed by atoms with Crippen molar-refractivity contribution in [3.05, 3.63) is 34.9 Å². The molecule has 3 aliphatic rings. The van der Waals surface area contributed by atoms with Gasteiger partial charge < -0.3 is 9.80 Å². The van der Waals surface area contributed by atoms with Crippen LogP contribution in [0.15, 0.2) is 24.3 Å². The molecule has 2 aliphatic heterocycles. The number of hydrogen-bond acceptors (Lipinski definition) is 2. The first-order valence-corrected chi connectivity index (χ1v) is 9.36. The summed E-state index contributed by atoms with van der Waals surface area (Å²) >= 11 is 6.04. The number of likely N-dealkylation sites (tertiary alicyclic amines) is 2. The topological polar surface area (TPSA) is 40.6 Å². The van der Waals surface area contributed by atoms with E-state index in [1.54, 1.807) is 12.1 Å². The highest BCUT2D eigenvalue weighted by Gasteiger charge is 2.42. The third kappa shape index (κ3) is 3.04. The molecule has 3 fully saturated rings. The van der Waals surface area contributed by atoms with Crippen LogP contribution in [0.2, 0.25) is 5.02 Å². The summed E-state index contributed by atoms with van der Waals surface area (Å²) in [6.45, 7) is 2.41. The Morgan fingerprint density at radius 2 is 1.92 bits per heavy atom. The minimum Gasteiger partial charge on any atom is -0.342 e. The molecule has 4 rings (SSSR count). The molecule has 0 N–H and O–H groups in total. The third-order valence-corrected chi connectivity index (χ3v) is 5.87. The lowest BCUT2D eigenvalue weighted by Gasteiger charge is -2.47. The van der Waals surface area contributed by atoms with Crippen LogP contribution >= 0.6 is 11.6 Å². The monoisotopic (exact) mass is 346 g/mol. The minimum atomic E-state index is 0.0779. The number of fused-ring (bicyclic) bond motifs is 1. The lowest BCUT2D eigenvalue weighted by molar-refractivity contribution is -0.135. The molecule has 2 atom stereocenters. The summed E-state index contributed by atoms with van der Waals surface area (Å²) in [5, 5.41) is 0.597. The second-order valence-electron chi connectivity index (χ2n) is 7.33. The highest BCUT2D eigenvalue weighted by atomic mass is 35.5. The van der Waals surface area contributed by atoms with E-state index in [0.717, 1.165) is 51.7 Å². The fraction of sp³-hybridized carbons (Fsp3) is 0.579. The van der Waals surface area contributed by atoms with Crippen molar-refractivity contribution < 1.29 is 9.59 Å². The average Bonchev–Trinajstić information content (AvgIpc) is 3.44. The van der Waals surface area contributed by atoms with Crippen molar-refractivity contribution in [1.82, 2.24) is 9.80 Å². The zero-order valence-electron chi connectivity index (χ0n) is 13.8. The molecule has 5 heteroatoms. The van der Waals surface area contributed by atoms with E-state index < -0.39 is 0 Å². The van der Waals surface area contributed by atoms with Gasteiger partial charge in [-0.1, -0.05) is 17.7 Å². The van der Waals surface area contributed by atoms with Gasteiger partial charge in [0.05, 0.1) is 0 Å². The SMILES string of the molecule is O=C(C1CC1)N1CC[C@H]2[C@H](CCCN2C(=O)c2cccc(Cl)c2)C1. The fourth-order valence-corrected chi connectivity index (χ4v) is 4.42.